The number of ether oxygens (including phenoxy) is 1. The first-order valence-electron chi connectivity index (χ1n) is 12.0. The number of hydrogen-bond donors (Lipinski definition) is 4. The van der Waals surface area contributed by atoms with Gasteiger partial charge < -0.3 is 26.0 Å². The summed E-state index contributed by atoms with van der Waals surface area (Å²) < 4.78 is 5.76. The lowest BCUT2D eigenvalue weighted by Crippen LogP contribution is -2.41. The molecule has 0 saturated carbocycles. The van der Waals surface area contributed by atoms with Gasteiger partial charge in [0, 0.05) is 31.1 Å². The highest BCUT2D eigenvalue weighted by molar-refractivity contribution is 6.04. The highest BCUT2D eigenvalue weighted by atomic mass is 16.5. The summed E-state index contributed by atoms with van der Waals surface area (Å²) in [4.78, 5) is 59.0. The summed E-state index contributed by atoms with van der Waals surface area (Å²) in [5, 5.41) is 5.39. The third kappa shape index (κ3) is 5.30. The van der Waals surface area contributed by atoms with E-state index in [1.54, 1.807) is 24.3 Å². The topological polar surface area (TPSA) is 160 Å². The average Bonchev–Trinajstić information content (AvgIpc) is 2.89. The molecule has 5 N–H and O–H groups in total. The zero-order chi connectivity index (χ0) is 25.9. The summed E-state index contributed by atoms with van der Waals surface area (Å²) in [6, 6.07) is 16.1. The molecule has 3 amide bonds. The molecule has 0 radical (unpaired) electrons. The van der Waals surface area contributed by atoms with Crippen LogP contribution in [-0.2, 0) is 14.4 Å². The molecule has 190 valence electrons. The maximum atomic E-state index is 13.1. The first-order valence-corrected chi connectivity index (χ1v) is 12.0. The summed E-state index contributed by atoms with van der Waals surface area (Å²) in [5.41, 5.74) is 5.51. The van der Waals surface area contributed by atoms with Gasteiger partial charge in [0.15, 0.2) is 0 Å². The van der Waals surface area contributed by atoms with Crippen molar-refractivity contribution in [3.05, 3.63) is 70.5 Å². The molecule has 1 unspecified atom stereocenters. The van der Waals surface area contributed by atoms with Gasteiger partial charge in [-0.15, -0.1) is 0 Å². The van der Waals surface area contributed by atoms with Crippen molar-refractivity contribution in [2.24, 2.45) is 11.7 Å². The zero-order valence-electron chi connectivity index (χ0n) is 19.9. The van der Waals surface area contributed by atoms with E-state index in [1.807, 2.05) is 35.2 Å². The average molecular weight is 503 g/mol. The highest BCUT2D eigenvalue weighted by Gasteiger charge is 2.35. The number of benzene rings is 2. The zero-order valence-corrected chi connectivity index (χ0v) is 19.9. The van der Waals surface area contributed by atoms with Crippen LogP contribution in [0.4, 0.5) is 17.5 Å². The van der Waals surface area contributed by atoms with Crippen molar-refractivity contribution in [3.63, 3.8) is 0 Å². The largest absolute Gasteiger partial charge is 0.457 e. The molecule has 1 atom stereocenters. The van der Waals surface area contributed by atoms with Crippen molar-refractivity contribution in [1.82, 2.24) is 9.97 Å². The molecule has 11 nitrogen and oxygen atoms in total. The molecule has 5 rings (SSSR count). The van der Waals surface area contributed by atoms with Gasteiger partial charge in [0.25, 0.3) is 5.56 Å². The highest BCUT2D eigenvalue weighted by Crippen LogP contribution is 2.31. The predicted molar refractivity (Wildman–Crippen MR) is 137 cm³/mol. The number of aromatic amines is 1. The molecule has 37 heavy (non-hydrogen) atoms. The molecule has 1 saturated heterocycles. The first kappa shape index (κ1) is 24.0. The second kappa shape index (κ2) is 10.1. The molecule has 0 spiro atoms. The number of H-pyrrole nitrogens is 1. The Balaban J connectivity index is 1.31. The Hall–Kier alpha value is -4.67. The number of aromatic nitrogens is 2. The second-order valence-electron chi connectivity index (χ2n) is 9.05. The molecular weight excluding hydrogens is 476 g/mol. The number of rotatable bonds is 6. The van der Waals surface area contributed by atoms with Crippen molar-refractivity contribution >= 4 is 35.2 Å². The van der Waals surface area contributed by atoms with Crippen LogP contribution in [0.2, 0.25) is 0 Å². The third-order valence-electron chi connectivity index (χ3n) is 6.55. The Labute approximate surface area is 212 Å². The monoisotopic (exact) mass is 502 g/mol. The molecule has 0 bridgehead atoms. The number of primary amides is 1. The van der Waals surface area contributed by atoms with E-state index in [1.165, 1.54) is 0 Å². The van der Waals surface area contributed by atoms with Crippen molar-refractivity contribution in [2.75, 3.05) is 28.6 Å². The molecule has 2 aliphatic heterocycles. The molecule has 1 aromatic heterocycles. The Bertz CT molecular complexity index is 1380. The molecule has 1 fully saturated rings. The SMILES string of the molecule is NC(=O)C1CCN(c2nc3c(c(=O)[nH]2)C(C(=O)Nc2ccc(Oc4ccccc4)cc2)CC(=O)N3)CC1. The van der Waals surface area contributed by atoms with E-state index in [0.29, 0.717) is 43.1 Å². The fraction of sp³-hybridized carbons (Fsp3) is 0.269. The van der Waals surface area contributed by atoms with Gasteiger partial charge in [0.1, 0.15) is 17.3 Å². The number of nitrogens with zero attached hydrogens (tertiary/aromatic N) is 2. The predicted octanol–water partition coefficient (Wildman–Crippen LogP) is 2.33. The number of hydrogen-bond acceptors (Lipinski definition) is 7. The van der Waals surface area contributed by atoms with Crippen LogP contribution in [0, 0.1) is 5.92 Å². The number of nitrogens with one attached hydrogen (secondary N) is 3. The van der Waals surface area contributed by atoms with Crippen LogP contribution in [0.1, 0.15) is 30.7 Å². The summed E-state index contributed by atoms with van der Waals surface area (Å²) >= 11 is 0. The van der Waals surface area contributed by atoms with Crippen molar-refractivity contribution in [2.45, 2.75) is 25.2 Å². The van der Waals surface area contributed by atoms with E-state index in [0.717, 1.165) is 0 Å². The number of nitrogens with two attached hydrogens (primary N) is 1. The number of amides is 3. The molecule has 2 aromatic carbocycles. The molecule has 11 heteroatoms. The number of piperidine rings is 1. The van der Waals surface area contributed by atoms with Gasteiger partial charge in [-0.3, -0.25) is 24.2 Å². The minimum atomic E-state index is -1.00. The van der Waals surface area contributed by atoms with Crippen LogP contribution in [0.25, 0.3) is 0 Å². The van der Waals surface area contributed by atoms with Crippen molar-refractivity contribution < 1.29 is 19.1 Å². The van der Waals surface area contributed by atoms with E-state index in [-0.39, 0.29) is 35.6 Å². The van der Waals surface area contributed by atoms with Gasteiger partial charge in [0.05, 0.1) is 11.5 Å². The van der Waals surface area contributed by atoms with Gasteiger partial charge in [-0.1, -0.05) is 18.2 Å². The van der Waals surface area contributed by atoms with Crippen LogP contribution in [0.3, 0.4) is 0 Å². The smallest absolute Gasteiger partial charge is 0.258 e. The summed E-state index contributed by atoms with van der Waals surface area (Å²) in [6.45, 7) is 0.967. The van der Waals surface area contributed by atoms with E-state index in [2.05, 4.69) is 20.6 Å². The van der Waals surface area contributed by atoms with E-state index in [4.69, 9.17) is 10.5 Å². The molecule has 0 aliphatic carbocycles. The van der Waals surface area contributed by atoms with Crippen LogP contribution >= 0.6 is 0 Å². The quantitative estimate of drug-likeness (QED) is 0.402. The van der Waals surface area contributed by atoms with Gasteiger partial charge >= 0.3 is 0 Å². The van der Waals surface area contributed by atoms with Crippen molar-refractivity contribution in [3.8, 4) is 11.5 Å². The fourth-order valence-electron chi connectivity index (χ4n) is 4.57. The summed E-state index contributed by atoms with van der Waals surface area (Å²) in [7, 11) is 0. The maximum Gasteiger partial charge on any atom is 0.258 e. The molecule has 3 aromatic rings. The van der Waals surface area contributed by atoms with Gasteiger partial charge in [0.2, 0.25) is 23.7 Å². The molecule has 3 heterocycles. The van der Waals surface area contributed by atoms with Gasteiger partial charge in [-0.05, 0) is 49.2 Å². The molecule has 2 aliphatic rings. The number of carbonyl (C=O) groups excluding carboxylic acids is 3. The number of anilines is 3. The summed E-state index contributed by atoms with van der Waals surface area (Å²) in [5.74, 6) is -0.827. The number of para-hydroxylation sites is 1. The van der Waals surface area contributed by atoms with E-state index < -0.39 is 23.3 Å². The Morgan fingerprint density at radius 3 is 2.35 bits per heavy atom. The maximum absolute atomic E-state index is 13.1. The van der Waals surface area contributed by atoms with E-state index in [9.17, 15) is 19.2 Å². The first-order chi connectivity index (χ1) is 17.9. The Morgan fingerprint density at radius 2 is 1.68 bits per heavy atom. The Kier molecular flexibility index (Phi) is 6.59. The summed E-state index contributed by atoms with van der Waals surface area (Å²) in [6.07, 6.45) is 0.910. The minimum Gasteiger partial charge on any atom is -0.457 e. The molecular formula is C26H26N6O5. The van der Waals surface area contributed by atoms with Crippen LogP contribution in [0.5, 0.6) is 11.5 Å². The van der Waals surface area contributed by atoms with Crippen LogP contribution in [-0.4, -0.2) is 40.8 Å². The lowest BCUT2D eigenvalue weighted by molar-refractivity contribution is -0.123. The lowest BCUT2D eigenvalue weighted by Gasteiger charge is -2.32. The van der Waals surface area contributed by atoms with E-state index >= 15 is 0 Å². The van der Waals surface area contributed by atoms with Gasteiger partial charge in [-0.2, -0.15) is 4.98 Å². The van der Waals surface area contributed by atoms with Gasteiger partial charge in [-0.25, -0.2) is 0 Å². The number of carbonyl (C=O) groups is 3. The second-order valence-corrected chi connectivity index (χ2v) is 9.05. The lowest BCUT2D eigenvalue weighted by atomic mass is 9.92. The minimum absolute atomic E-state index is 0.0683. The Morgan fingerprint density at radius 1 is 1.00 bits per heavy atom. The number of fused-ring (bicyclic) bond motifs is 1. The van der Waals surface area contributed by atoms with Crippen molar-refractivity contribution in [1.29, 1.82) is 0 Å². The van der Waals surface area contributed by atoms with Crippen LogP contribution < -0.4 is 31.6 Å². The normalized spacial score (nSPS) is 17.5. The third-order valence-corrected chi connectivity index (χ3v) is 6.55. The standard InChI is InChI=1S/C26H26N6O5/c27-22(34)15-10-12-32(13-11-15)26-30-23-21(25(36)31-26)19(14-20(33)29-23)24(35)28-16-6-8-18(9-7-16)37-17-4-2-1-3-5-17/h1-9,15,19H,10-14H2,(H2,27,34)(H,28,35)(H2,29,30,31,33,36). The fourth-order valence-corrected chi connectivity index (χ4v) is 4.57. The van der Waals surface area contributed by atoms with Crippen LogP contribution in [0.15, 0.2) is 59.4 Å².